The summed E-state index contributed by atoms with van der Waals surface area (Å²) >= 11 is 6.35. The summed E-state index contributed by atoms with van der Waals surface area (Å²) < 4.78 is 18.6. The van der Waals surface area contributed by atoms with E-state index in [9.17, 15) is 4.39 Å². The Labute approximate surface area is 165 Å². The predicted octanol–water partition coefficient (Wildman–Crippen LogP) is 4.58. The summed E-state index contributed by atoms with van der Waals surface area (Å²) in [7, 11) is 1.52. The second kappa shape index (κ2) is 7.28. The molecule has 0 fully saturated rings. The average Bonchev–Trinajstić information content (AvgIpc) is 3.14. The Morgan fingerprint density at radius 1 is 1.11 bits per heavy atom. The van der Waals surface area contributed by atoms with Gasteiger partial charge in [-0.1, -0.05) is 11.6 Å². The summed E-state index contributed by atoms with van der Waals surface area (Å²) in [5.41, 5.74) is 9.27. The first-order chi connectivity index (χ1) is 13.6. The highest BCUT2D eigenvalue weighted by Crippen LogP contribution is 2.37. The number of nitrogens with two attached hydrogens (primary N) is 1. The molecule has 0 atom stereocenters. The fourth-order valence-electron chi connectivity index (χ4n) is 2.84. The molecule has 140 valence electrons. The molecule has 3 N–H and O–H groups in total. The van der Waals surface area contributed by atoms with Crippen LogP contribution < -0.4 is 10.5 Å². The van der Waals surface area contributed by atoms with Gasteiger partial charge in [-0.15, -0.1) is 0 Å². The van der Waals surface area contributed by atoms with E-state index in [1.165, 1.54) is 19.2 Å². The first kappa shape index (κ1) is 17.9. The van der Waals surface area contributed by atoms with Crippen LogP contribution in [0.3, 0.4) is 0 Å². The zero-order valence-corrected chi connectivity index (χ0v) is 15.5. The Balaban J connectivity index is 1.93. The molecule has 3 heterocycles. The van der Waals surface area contributed by atoms with Crippen LogP contribution in [0.25, 0.3) is 33.9 Å². The summed E-state index contributed by atoms with van der Waals surface area (Å²) in [4.78, 5) is 16.2. The molecule has 4 rings (SSSR count). The number of hydrogen-bond acceptors (Lipinski definition) is 5. The van der Waals surface area contributed by atoms with Crippen molar-refractivity contribution in [2.24, 2.45) is 0 Å². The van der Waals surface area contributed by atoms with Gasteiger partial charge in [-0.3, -0.25) is 4.98 Å². The first-order valence-corrected chi connectivity index (χ1v) is 8.70. The van der Waals surface area contributed by atoms with Crippen molar-refractivity contribution in [2.75, 3.05) is 12.8 Å². The number of benzene rings is 1. The van der Waals surface area contributed by atoms with Gasteiger partial charge >= 0.3 is 0 Å². The smallest absolute Gasteiger partial charge is 0.166 e. The highest BCUT2D eigenvalue weighted by molar-refractivity contribution is 6.33. The van der Waals surface area contributed by atoms with E-state index in [2.05, 4.69) is 15.0 Å². The van der Waals surface area contributed by atoms with E-state index in [4.69, 9.17) is 27.1 Å². The molecule has 0 saturated heterocycles. The van der Waals surface area contributed by atoms with Crippen LogP contribution in [0, 0.1) is 5.82 Å². The number of pyridine rings is 2. The van der Waals surface area contributed by atoms with E-state index < -0.39 is 0 Å². The van der Waals surface area contributed by atoms with Crippen molar-refractivity contribution < 1.29 is 9.13 Å². The highest BCUT2D eigenvalue weighted by atomic mass is 35.5. The Hall–Kier alpha value is -3.45. The predicted molar refractivity (Wildman–Crippen MR) is 106 cm³/mol. The van der Waals surface area contributed by atoms with Crippen molar-refractivity contribution in [3.8, 4) is 39.7 Å². The minimum atomic E-state index is -0.319. The minimum Gasteiger partial charge on any atom is -0.493 e. The van der Waals surface area contributed by atoms with Gasteiger partial charge in [0.25, 0.3) is 0 Å². The molecule has 0 aliphatic rings. The number of nitrogens with one attached hydrogen (secondary N) is 1. The second-order valence-electron chi connectivity index (χ2n) is 5.98. The van der Waals surface area contributed by atoms with Crippen LogP contribution in [-0.2, 0) is 0 Å². The maximum absolute atomic E-state index is 13.3. The molecule has 6 nitrogen and oxygen atoms in total. The van der Waals surface area contributed by atoms with Crippen molar-refractivity contribution in [2.45, 2.75) is 0 Å². The van der Waals surface area contributed by atoms with Crippen molar-refractivity contribution in [1.29, 1.82) is 0 Å². The fraction of sp³-hybridized carbons (Fsp3) is 0.0500. The van der Waals surface area contributed by atoms with Gasteiger partial charge in [0, 0.05) is 35.3 Å². The topological polar surface area (TPSA) is 89.7 Å². The molecular formula is C20H15ClFN5O. The molecule has 0 bridgehead atoms. The molecule has 0 aliphatic carbocycles. The SMILES string of the molecule is COc1cc(-c2[nH]c(-c3ccc(F)cc3)nc2-c2ccncc2Cl)cnc1N. The zero-order chi connectivity index (χ0) is 19.7. The quantitative estimate of drug-likeness (QED) is 0.527. The van der Waals surface area contributed by atoms with E-state index in [-0.39, 0.29) is 11.6 Å². The van der Waals surface area contributed by atoms with Crippen molar-refractivity contribution >= 4 is 17.4 Å². The number of H-pyrrole nitrogens is 1. The largest absolute Gasteiger partial charge is 0.493 e. The lowest BCUT2D eigenvalue weighted by Gasteiger charge is -2.08. The lowest BCUT2D eigenvalue weighted by atomic mass is 10.1. The average molecular weight is 396 g/mol. The molecule has 1 aromatic carbocycles. The van der Waals surface area contributed by atoms with Crippen LogP contribution in [0.5, 0.6) is 5.75 Å². The molecule has 0 unspecified atom stereocenters. The monoisotopic (exact) mass is 395 g/mol. The number of rotatable bonds is 4. The summed E-state index contributed by atoms with van der Waals surface area (Å²) in [5.74, 6) is 0.976. The minimum absolute atomic E-state index is 0.285. The Morgan fingerprint density at radius 2 is 1.89 bits per heavy atom. The van der Waals surface area contributed by atoms with Crippen molar-refractivity contribution in [3.63, 3.8) is 0 Å². The molecule has 28 heavy (non-hydrogen) atoms. The van der Waals surface area contributed by atoms with Crippen LogP contribution in [-0.4, -0.2) is 27.0 Å². The normalized spacial score (nSPS) is 10.8. The number of aromatic amines is 1. The van der Waals surface area contributed by atoms with E-state index in [0.717, 1.165) is 11.1 Å². The number of anilines is 1. The number of hydrogen-bond donors (Lipinski definition) is 2. The number of nitrogens with zero attached hydrogens (tertiary/aromatic N) is 3. The van der Waals surface area contributed by atoms with Gasteiger partial charge in [0.05, 0.1) is 23.5 Å². The van der Waals surface area contributed by atoms with Crippen molar-refractivity contribution in [1.82, 2.24) is 19.9 Å². The van der Waals surface area contributed by atoms with Gasteiger partial charge in [0.2, 0.25) is 0 Å². The van der Waals surface area contributed by atoms with Crippen LogP contribution in [0.2, 0.25) is 5.02 Å². The molecule has 0 amide bonds. The number of nitrogen functional groups attached to an aromatic ring is 1. The zero-order valence-electron chi connectivity index (χ0n) is 14.8. The number of aromatic nitrogens is 4. The van der Waals surface area contributed by atoms with E-state index in [1.54, 1.807) is 42.9 Å². The summed E-state index contributed by atoms with van der Waals surface area (Å²) in [6.45, 7) is 0. The van der Waals surface area contributed by atoms with Gasteiger partial charge in [0.15, 0.2) is 11.6 Å². The van der Waals surface area contributed by atoms with Crippen LogP contribution in [0.1, 0.15) is 0 Å². The molecule has 0 radical (unpaired) electrons. The van der Waals surface area contributed by atoms with Gasteiger partial charge in [-0.2, -0.15) is 0 Å². The Morgan fingerprint density at radius 3 is 2.61 bits per heavy atom. The summed E-state index contributed by atoms with van der Waals surface area (Å²) in [6, 6.07) is 9.60. The van der Waals surface area contributed by atoms with E-state index in [1.807, 2.05) is 0 Å². The van der Waals surface area contributed by atoms with Gasteiger partial charge < -0.3 is 15.5 Å². The molecular weight excluding hydrogens is 381 g/mol. The van der Waals surface area contributed by atoms with E-state index >= 15 is 0 Å². The lowest BCUT2D eigenvalue weighted by molar-refractivity contribution is 0.415. The van der Waals surface area contributed by atoms with E-state index in [0.29, 0.717) is 33.5 Å². The molecule has 3 aromatic heterocycles. The summed E-state index contributed by atoms with van der Waals surface area (Å²) in [5, 5.41) is 0.455. The second-order valence-corrected chi connectivity index (χ2v) is 6.39. The lowest BCUT2D eigenvalue weighted by Crippen LogP contribution is -1.96. The van der Waals surface area contributed by atoms with Crippen LogP contribution >= 0.6 is 11.6 Å². The first-order valence-electron chi connectivity index (χ1n) is 8.32. The molecule has 0 spiro atoms. The van der Waals surface area contributed by atoms with Gasteiger partial charge in [0.1, 0.15) is 11.6 Å². The fourth-order valence-corrected chi connectivity index (χ4v) is 3.05. The summed E-state index contributed by atoms with van der Waals surface area (Å²) in [6.07, 6.45) is 4.81. The van der Waals surface area contributed by atoms with Crippen LogP contribution in [0.15, 0.2) is 55.0 Å². The Bertz CT molecular complexity index is 1140. The third-order valence-corrected chi connectivity index (χ3v) is 4.54. The molecule has 4 aromatic rings. The highest BCUT2D eigenvalue weighted by Gasteiger charge is 2.19. The van der Waals surface area contributed by atoms with Crippen LogP contribution in [0.4, 0.5) is 10.2 Å². The third kappa shape index (κ3) is 3.27. The maximum Gasteiger partial charge on any atom is 0.166 e. The molecule has 0 saturated carbocycles. The molecule has 8 heteroatoms. The molecule has 0 aliphatic heterocycles. The van der Waals surface area contributed by atoms with Crippen molar-refractivity contribution in [3.05, 3.63) is 65.8 Å². The van der Waals surface area contributed by atoms with Gasteiger partial charge in [-0.25, -0.2) is 14.4 Å². The van der Waals surface area contributed by atoms with Gasteiger partial charge in [-0.05, 0) is 36.4 Å². The number of halogens is 2. The number of ether oxygens (including phenoxy) is 1. The third-order valence-electron chi connectivity index (χ3n) is 4.24. The maximum atomic E-state index is 13.3. The number of imidazole rings is 1. The number of methoxy groups -OCH3 is 1. The Kier molecular flexibility index (Phi) is 4.67. The standard InChI is InChI=1S/C20H15ClFN5O/c1-28-16-8-12(9-25-19(16)23)17-18(14-6-7-24-10-15(14)21)27-20(26-17)11-2-4-13(22)5-3-11/h2-10H,1H3,(H2,23,25)(H,26,27).